The molecule has 2 aromatic carbocycles. The Morgan fingerprint density at radius 1 is 1.26 bits per heavy atom. The summed E-state index contributed by atoms with van der Waals surface area (Å²) in [5, 5.41) is 14.0. The van der Waals surface area contributed by atoms with Crippen LogP contribution in [0.15, 0.2) is 66.3 Å². The Kier molecular flexibility index (Phi) is 4.73. The summed E-state index contributed by atoms with van der Waals surface area (Å²) in [5.41, 5.74) is 0.926. The third-order valence-electron chi connectivity index (χ3n) is 3.29. The highest BCUT2D eigenvalue weighted by molar-refractivity contribution is 7.99. The molecule has 0 aliphatic rings. The number of carbonyl (C=O) groups excluding carboxylic acids is 1. The van der Waals surface area contributed by atoms with Gasteiger partial charge in [0.15, 0.2) is 0 Å². The first-order valence-corrected chi connectivity index (χ1v) is 8.17. The van der Waals surface area contributed by atoms with Crippen LogP contribution in [0.1, 0.15) is 0 Å². The van der Waals surface area contributed by atoms with Gasteiger partial charge in [0, 0.05) is 6.54 Å². The minimum Gasteiger partial charge on any atom is -0.352 e. The predicted octanol–water partition coefficient (Wildman–Crippen LogP) is 2.81. The molecule has 5 nitrogen and oxygen atoms in total. The van der Waals surface area contributed by atoms with Gasteiger partial charge >= 0.3 is 0 Å². The normalized spacial score (nSPS) is 10.6. The van der Waals surface area contributed by atoms with Crippen molar-refractivity contribution >= 4 is 28.4 Å². The maximum Gasteiger partial charge on any atom is 0.230 e. The van der Waals surface area contributed by atoms with E-state index in [1.807, 2.05) is 18.2 Å². The van der Waals surface area contributed by atoms with Gasteiger partial charge in [-0.25, -0.2) is 4.68 Å². The fourth-order valence-corrected chi connectivity index (χ4v) is 2.95. The number of nitrogens with one attached hydrogen (secondary N) is 1. The van der Waals surface area contributed by atoms with Gasteiger partial charge in [-0.3, -0.25) is 4.79 Å². The Morgan fingerprint density at radius 2 is 2.09 bits per heavy atom. The largest absolute Gasteiger partial charge is 0.352 e. The molecule has 1 N–H and O–H groups in total. The van der Waals surface area contributed by atoms with Gasteiger partial charge in [-0.15, -0.1) is 11.7 Å². The van der Waals surface area contributed by atoms with Crippen LogP contribution in [0.25, 0.3) is 16.5 Å². The first-order valence-electron chi connectivity index (χ1n) is 7.18. The number of aromatic nitrogens is 3. The lowest BCUT2D eigenvalue weighted by Gasteiger charge is -2.07. The molecule has 0 bridgehead atoms. The van der Waals surface area contributed by atoms with Gasteiger partial charge in [0.1, 0.15) is 5.03 Å². The van der Waals surface area contributed by atoms with Crippen molar-refractivity contribution < 1.29 is 4.79 Å². The standard InChI is InChI=1S/C17H16N4OS/c1-2-9-18-16(22)12-23-17-11-19-20-21(17)15-8-7-13-5-3-4-6-14(13)10-15/h2-8,10-11H,1,9,12H2,(H,18,22). The number of amides is 1. The van der Waals surface area contributed by atoms with E-state index in [1.165, 1.54) is 17.1 Å². The predicted molar refractivity (Wildman–Crippen MR) is 92.8 cm³/mol. The number of carbonyl (C=O) groups is 1. The maximum atomic E-state index is 11.7. The maximum absolute atomic E-state index is 11.7. The van der Waals surface area contributed by atoms with Crippen molar-refractivity contribution in [1.82, 2.24) is 20.3 Å². The lowest BCUT2D eigenvalue weighted by Crippen LogP contribution is -2.25. The minimum atomic E-state index is -0.0406. The van der Waals surface area contributed by atoms with Crippen LogP contribution in [0, 0.1) is 0 Å². The molecular formula is C17H16N4OS. The molecule has 3 aromatic rings. The highest BCUT2D eigenvalue weighted by atomic mass is 32.2. The van der Waals surface area contributed by atoms with Crippen LogP contribution in [-0.2, 0) is 4.79 Å². The van der Waals surface area contributed by atoms with Gasteiger partial charge in [-0.1, -0.05) is 53.4 Å². The zero-order chi connectivity index (χ0) is 16.1. The summed E-state index contributed by atoms with van der Waals surface area (Å²) >= 11 is 1.40. The molecule has 116 valence electrons. The molecule has 6 heteroatoms. The van der Waals surface area contributed by atoms with E-state index in [2.05, 4.69) is 46.5 Å². The molecule has 23 heavy (non-hydrogen) atoms. The molecule has 0 fully saturated rings. The Bertz CT molecular complexity index is 843. The van der Waals surface area contributed by atoms with E-state index >= 15 is 0 Å². The number of nitrogens with zero attached hydrogens (tertiary/aromatic N) is 3. The molecule has 0 saturated carbocycles. The zero-order valence-corrected chi connectivity index (χ0v) is 13.3. The Labute approximate surface area is 138 Å². The molecule has 0 unspecified atom stereocenters. The van der Waals surface area contributed by atoms with Crippen LogP contribution in [0.5, 0.6) is 0 Å². The number of rotatable bonds is 6. The molecule has 0 aliphatic carbocycles. The van der Waals surface area contributed by atoms with Crippen molar-refractivity contribution in [2.75, 3.05) is 12.3 Å². The fraction of sp³-hybridized carbons (Fsp3) is 0.118. The Morgan fingerprint density at radius 3 is 2.91 bits per heavy atom. The van der Waals surface area contributed by atoms with Crippen molar-refractivity contribution in [3.05, 3.63) is 61.3 Å². The number of fused-ring (bicyclic) bond motifs is 1. The van der Waals surface area contributed by atoms with Crippen LogP contribution in [0.4, 0.5) is 0 Å². The molecule has 0 radical (unpaired) electrons. The average molecular weight is 324 g/mol. The summed E-state index contributed by atoms with van der Waals surface area (Å²) in [6.45, 7) is 4.05. The molecule has 0 aliphatic heterocycles. The Balaban J connectivity index is 1.79. The highest BCUT2D eigenvalue weighted by Gasteiger charge is 2.10. The fourth-order valence-electron chi connectivity index (χ4n) is 2.19. The summed E-state index contributed by atoms with van der Waals surface area (Å²) in [6, 6.07) is 14.3. The molecule has 1 heterocycles. The van der Waals surface area contributed by atoms with Crippen molar-refractivity contribution in [2.45, 2.75) is 5.03 Å². The molecular weight excluding hydrogens is 308 g/mol. The van der Waals surface area contributed by atoms with Gasteiger partial charge in [-0.05, 0) is 22.9 Å². The van der Waals surface area contributed by atoms with E-state index in [-0.39, 0.29) is 5.91 Å². The quantitative estimate of drug-likeness (QED) is 0.559. The van der Waals surface area contributed by atoms with E-state index in [0.29, 0.717) is 12.3 Å². The van der Waals surface area contributed by atoms with Gasteiger partial charge in [-0.2, -0.15) is 0 Å². The monoisotopic (exact) mass is 324 g/mol. The van der Waals surface area contributed by atoms with E-state index in [4.69, 9.17) is 0 Å². The first-order chi connectivity index (χ1) is 11.3. The van der Waals surface area contributed by atoms with E-state index < -0.39 is 0 Å². The van der Waals surface area contributed by atoms with Crippen LogP contribution < -0.4 is 5.32 Å². The summed E-state index contributed by atoms with van der Waals surface area (Å²) in [4.78, 5) is 11.7. The zero-order valence-electron chi connectivity index (χ0n) is 12.5. The first kappa shape index (κ1) is 15.3. The second-order valence-corrected chi connectivity index (χ2v) is 5.89. The van der Waals surface area contributed by atoms with Gasteiger partial charge in [0.25, 0.3) is 0 Å². The van der Waals surface area contributed by atoms with Crippen LogP contribution in [0.2, 0.25) is 0 Å². The molecule has 1 amide bonds. The van der Waals surface area contributed by atoms with Crippen molar-refractivity contribution in [3.63, 3.8) is 0 Å². The molecule has 0 atom stereocenters. The van der Waals surface area contributed by atoms with Gasteiger partial charge < -0.3 is 5.32 Å². The molecule has 0 spiro atoms. The van der Waals surface area contributed by atoms with Crippen molar-refractivity contribution in [1.29, 1.82) is 0 Å². The molecule has 0 saturated heterocycles. The second-order valence-electron chi connectivity index (χ2n) is 4.90. The van der Waals surface area contributed by atoms with E-state index in [0.717, 1.165) is 16.1 Å². The third kappa shape index (κ3) is 3.60. The summed E-state index contributed by atoms with van der Waals surface area (Å²) in [5.74, 6) is 0.274. The average Bonchev–Trinajstić information content (AvgIpc) is 3.06. The van der Waals surface area contributed by atoms with Crippen LogP contribution >= 0.6 is 11.8 Å². The van der Waals surface area contributed by atoms with Gasteiger partial charge in [0.05, 0.1) is 17.6 Å². The molecule has 1 aromatic heterocycles. The van der Waals surface area contributed by atoms with Crippen molar-refractivity contribution in [3.8, 4) is 5.69 Å². The van der Waals surface area contributed by atoms with Crippen LogP contribution in [-0.4, -0.2) is 33.2 Å². The number of hydrogen-bond acceptors (Lipinski definition) is 4. The second kappa shape index (κ2) is 7.11. The highest BCUT2D eigenvalue weighted by Crippen LogP contribution is 2.23. The summed E-state index contributed by atoms with van der Waals surface area (Å²) in [7, 11) is 0. The van der Waals surface area contributed by atoms with Crippen molar-refractivity contribution in [2.24, 2.45) is 0 Å². The topological polar surface area (TPSA) is 59.8 Å². The van der Waals surface area contributed by atoms with E-state index in [9.17, 15) is 4.79 Å². The lowest BCUT2D eigenvalue weighted by molar-refractivity contribution is -0.118. The lowest BCUT2D eigenvalue weighted by atomic mass is 10.1. The number of thioether (sulfide) groups is 1. The Hall–Kier alpha value is -2.60. The summed E-state index contributed by atoms with van der Waals surface area (Å²) < 4.78 is 1.75. The van der Waals surface area contributed by atoms with Gasteiger partial charge in [0.2, 0.25) is 5.91 Å². The SMILES string of the molecule is C=CCNC(=O)CSc1cnnn1-c1ccc2ccccc2c1. The summed E-state index contributed by atoms with van der Waals surface area (Å²) in [6.07, 6.45) is 3.32. The third-order valence-corrected chi connectivity index (χ3v) is 4.27. The number of benzene rings is 2. The molecule has 3 rings (SSSR count). The van der Waals surface area contributed by atoms with E-state index in [1.54, 1.807) is 17.0 Å². The smallest absolute Gasteiger partial charge is 0.230 e. The van der Waals surface area contributed by atoms with Crippen LogP contribution in [0.3, 0.4) is 0 Å². The minimum absolute atomic E-state index is 0.0406. The number of hydrogen-bond donors (Lipinski definition) is 1.